The highest BCUT2D eigenvalue weighted by molar-refractivity contribution is 5.74. The van der Waals surface area contributed by atoms with Crippen molar-refractivity contribution in [3.8, 4) is 22.6 Å². The molecule has 5 rings (SSSR count). The van der Waals surface area contributed by atoms with Crippen LogP contribution >= 0.6 is 0 Å². The van der Waals surface area contributed by atoms with Crippen molar-refractivity contribution in [1.82, 2.24) is 24.5 Å². The maximum absolute atomic E-state index is 10.6. The molecule has 1 aromatic carbocycles. The highest BCUT2D eigenvalue weighted by Gasteiger charge is 2.39. The number of methoxy groups -OCH3 is 2. The Hall–Kier alpha value is -4.93. The fourth-order valence-electron chi connectivity index (χ4n) is 4.48. The maximum Gasteiger partial charge on any atom is 0.490 e. The van der Waals surface area contributed by atoms with Crippen LogP contribution in [0, 0.1) is 0 Å². The minimum Gasteiger partial charge on any atom is -0.493 e. The first-order valence-corrected chi connectivity index (χ1v) is 13.4. The van der Waals surface area contributed by atoms with Crippen LogP contribution in [0.4, 0.5) is 26.3 Å². The predicted octanol–water partition coefficient (Wildman–Crippen LogP) is 5.45. The number of alkyl halides is 6. The lowest BCUT2D eigenvalue weighted by atomic mass is 9.97. The molecule has 0 amide bonds. The van der Waals surface area contributed by atoms with E-state index < -0.39 is 24.3 Å². The normalized spacial score (nSPS) is 15.2. The first-order chi connectivity index (χ1) is 21.6. The number of aromatic nitrogens is 4. The van der Waals surface area contributed by atoms with Crippen molar-refractivity contribution >= 4 is 17.6 Å². The largest absolute Gasteiger partial charge is 0.493 e. The van der Waals surface area contributed by atoms with E-state index in [1.807, 2.05) is 53.3 Å². The number of carboxylic acids is 2. The number of hydrogen-bond donors (Lipinski definition) is 2. The summed E-state index contributed by atoms with van der Waals surface area (Å²) < 4.78 is 76.4. The highest BCUT2D eigenvalue weighted by atomic mass is 19.4. The summed E-state index contributed by atoms with van der Waals surface area (Å²) in [5.74, 6) is -2.86. The number of carbonyl (C=O) groups is 2. The fraction of sp³-hybridized carbons (Fsp3) is 0.345. The van der Waals surface area contributed by atoms with Crippen molar-refractivity contribution in [3.63, 3.8) is 0 Å². The second kappa shape index (κ2) is 15.4. The zero-order chi connectivity index (χ0) is 34.1. The Bertz CT molecular complexity index is 1590. The van der Waals surface area contributed by atoms with Crippen LogP contribution < -0.4 is 9.47 Å². The number of piperidine rings is 1. The lowest BCUT2D eigenvalue weighted by Crippen LogP contribution is -2.34. The molecule has 2 N–H and O–H groups in total. The smallest absolute Gasteiger partial charge is 0.490 e. The quantitative estimate of drug-likeness (QED) is 0.257. The molecule has 0 saturated carbocycles. The number of likely N-dealkylation sites (tertiary alicyclic amines) is 1. The van der Waals surface area contributed by atoms with Crippen molar-refractivity contribution in [2.75, 3.05) is 27.3 Å². The molecule has 1 unspecified atom stereocenters. The average molecular weight is 658 g/mol. The molecule has 1 aliphatic rings. The SMILES string of the molecule is COc1cccc(-c2ccc3nc(C4CCCN(Cc5ccccn5)C4)nn3c2)c1OC.O=C(O)C(F)(F)F.O=C(O)C(F)(F)F. The van der Waals surface area contributed by atoms with Gasteiger partial charge in [-0.15, -0.1) is 0 Å². The number of pyridine rings is 2. The second-order valence-corrected chi connectivity index (χ2v) is 9.73. The summed E-state index contributed by atoms with van der Waals surface area (Å²) in [5, 5.41) is 19.1. The van der Waals surface area contributed by atoms with E-state index in [-0.39, 0.29) is 0 Å². The van der Waals surface area contributed by atoms with Gasteiger partial charge in [-0.1, -0.05) is 18.2 Å². The zero-order valence-electron chi connectivity index (χ0n) is 24.4. The Morgan fingerprint density at radius 1 is 0.935 bits per heavy atom. The van der Waals surface area contributed by atoms with Gasteiger partial charge in [0.15, 0.2) is 23.0 Å². The van der Waals surface area contributed by atoms with Crippen LogP contribution in [0.3, 0.4) is 0 Å². The summed E-state index contributed by atoms with van der Waals surface area (Å²) in [6, 6.07) is 16.0. The third kappa shape index (κ3) is 9.79. The Kier molecular flexibility index (Phi) is 11.9. The van der Waals surface area contributed by atoms with Gasteiger partial charge in [0.2, 0.25) is 0 Å². The topological polar surface area (TPSA) is 139 Å². The van der Waals surface area contributed by atoms with Crippen molar-refractivity contribution < 1.29 is 55.6 Å². The van der Waals surface area contributed by atoms with Crippen LogP contribution in [0.1, 0.15) is 30.3 Å². The summed E-state index contributed by atoms with van der Waals surface area (Å²) in [7, 11) is 3.31. The maximum atomic E-state index is 10.6. The van der Waals surface area contributed by atoms with E-state index in [1.54, 1.807) is 14.2 Å². The molecule has 1 saturated heterocycles. The first-order valence-electron chi connectivity index (χ1n) is 13.4. The standard InChI is InChI=1S/C25H27N5O2.2C2HF3O2/c1-31-22-10-5-9-21(24(22)32-2)18-11-12-23-27-25(28-30(23)16-18)19-7-6-14-29(15-19)17-20-8-3-4-13-26-20;2*3-2(4,5)1(6)7/h3-5,8-13,16,19H,6-7,14-15,17H2,1-2H3;2*(H,6,7). The molecule has 46 heavy (non-hydrogen) atoms. The van der Waals surface area contributed by atoms with E-state index >= 15 is 0 Å². The molecular formula is C29H29F6N5O6. The van der Waals surface area contributed by atoms with Crippen LogP contribution in [0.2, 0.25) is 0 Å². The summed E-state index contributed by atoms with van der Waals surface area (Å²) in [4.78, 5) is 29.6. The fourth-order valence-corrected chi connectivity index (χ4v) is 4.48. The number of benzene rings is 1. The molecule has 11 nitrogen and oxygen atoms in total. The van der Waals surface area contributed by atoms with Crippen molar-refractivity contribution in [3.05, 3.63) is 72.4 Å². The molecule has 0 radical (unpaired) electrons. The molecule has 248 valence electrons. The molecule has 3 aromatic heterocycles. The summed E-state index contributed by atoms with van der Waals surface area (Å²) in [6.45, 7) is 2.90. The number of para-hydroxylation sites is 1. The van der Waals surface area contributed by atoms with E-state index in [1.165, 1.54) is 0 Å². The van der Waals surface area contributed by atoms with Crippen molar-refractivity contribution in [2.24, 2.45) is 0 Å². The molecule has 1 atom stereocenters. The molecule has 0 spiro atoms. The summed E-state index contributed by atoms with van der Waals surface area (Å²) in [6.07, 6.45) is -4.06. The number of ether oxygens (including phenoxy) is 2. The van der Waals surface area contributed by atoms with Gasteiger partial charge in [-0.25, -0.2) is 19.1 Å². The van der Waals surface area contributed by atoms with Crippen LogP contribution in [0.15, 0.2) is 60.9 Å². The van der Waals surface area contributed by atoms with E-state index in [2.05, 4.69) is 22.0 Å². The molecule has 0 aliphatic carbocycles. The van der Waals surface area contributed by atoms with Crippen LogP contribution in [0.25, 0.3) is 16.8 Å². The van der Waals surface area contributed by atoms with Gasteiger partial charge in [0.1, 0.15) is 0 Å². The monoisotopic (exact) mass is 657 g/mol. The first kappa shape index (κ1) is 35.5. The molecular weight excluding hydrogens is 628 g/mol. The number of nitrogens with zero attached hydrogens (tertiary/aromatic N) is 5. The van der Waals surface area contributed by atoms with Crippen molar-refractivity contribution in [1.29, 1.82) is 0 Å². The second-order valence-electron chi connectivity index (χ2n) is 9.73. The van der Waals surface area contributed by atoms with Gasteiger partial charge < -0.3 is 19.7 Å². The molecule has 0 bridgehead atoms. The minimum atomic E-state index is -5.08. The van der Waals surface area contributed by atoms with Gasteiger partial charge in [-0.3, -0.25) is 9.88 Å². The Morgan fingerprint density at radius 3 is 2.17 bits per heavy atom. The van der Waals surface area contributed by atoms with E-state index in [0.29, 0.717) is 17.4 Å². The lowest BCUT2D eigenvalue weighted by molar-refractivity contribution is -0.193. The minimum absolute atomic E-state index is 0.321. The molecule has 4 heterocycles. The Morgan fingerprint density at radius 2 is 1.61 bits per heavy atom. The summed E-state index contributed by atoms with van der Waals surface area (Å²) in [5.41, 5.74) is 3.93. The van der Waals surface area contributed by atoms with Gasteiger partial charge in [0, 0.05) is 42.5 Å². The highest BCUT2D eigenvalue weighted by Crippen LogP contribution is 2.38. The van der Waals surface area contributed by atoms with Gasteiger partial charge in [-0.2, -0.15) is 31.4 Å². The average Bonchev–Trinajstić information content (AvgIpc) is 3.45. The number of aliphatic carboxylic acids is 2. The van der Waals surface area contributed by atoms with Crippen LogP contribution in [0.5, 0.6) is 11.5 Å². The Balaban J connectivity index is 0.000000345. The summed E-state index contributed by atoms with van der Waals surface area (Å²) >= 11 is 0. The van der Waals surface area contributed by atoms with Crippen LogP contribution in [-0.4, -0.2) is 86.3 Å². The number of fused-ring (bicyclic) bond motifs is 1. The van der Waals surface area contributed by atoms with E-state index in [0.717, 1.165) is 60.8 Å². The number of rotatable bonds is 6. The van der Waals surface area contributed by atoms with E-state index in [9.17, 15) is 26.3 Å². The van der Waals surface area contributed by atoms with Crippen molar-refractivity contribution in [2.45, 2.75) is 37.7 Å². The third-order valence-corrected chi connectivity index (χ3v) is 6.53. The molecule has 17 heteroatoms. The number of carboxylic acid groups (broad SMARTS) is 2. The number of hydrogen-bond acceptors (Lipinski definition) is 8. The van der Waals surface area contributed by atoms with Gasteiger partial charge in [-0.05, 0) is 49.7 Å². The van der Waals surface area contributed by atoms with E-state index in [4.69, 9.17) is 39.4 Å². The van der Waals surface area contributed by atoms with Gasteiger partial charge in [0.05, 0.1) is 19.9 Å². The van der Waals surface area contributed by atoms with Gasteiger partial charge >= 0.3 is 24.3 Å². The molecule has 1 aliphatic heterocycles. The lowest BCUT2D eigenvalue weighted by Gasteiger charge is -2.31. The Labute approximate surface area is 258 Å². The van der Waals surface area contributed by atoms with Gasteiger partial charge in [0.25, 0.3) is 0 Å². The molecule has 4 aromatic rings. The third-order valence-electron chi connectivity index (χ3n) is 6.53. The predicted molar refractivity (Wildman–Crippen MR) is 150 cm³/mol. The zero-order valence-corrected chi connectivity index (χ0v) is 24.4. The molecule has 1 fully saturated rings. The van der Waals surface area contributed by atoms with Crippen LogP contribution in [-0.2, 0) is 16.1 Å². The number of halogens is 6.